The smallest absolute Gasteiger partial charge is 0.407 e. The number of aliphatic imine (C=N–C) groups is 1. The van der Waals surface area contributed by atoms with Crippen LogP contribution in [0.4, 0.5) is 4.79 Å². The van der Waals surface area contributed by atoms with Gasteiger partial charge in [0.05, 0.1) is 25.4 Å². The van der Waals surface area contributed by atoms with Crippen LogP contribution in [0.1, 0.15) is 95.9 Å². The predicted molar refractivity (Wildman–Crippen MR) is 186 cm³/mol. The standard InChI is InChI=1S/C37H49N7O3/c1-24(2)31(42-35(46)47-8)34(45)44-21-13-18-30(44)32(38)43-37(7,25(3)26-14-11-15-27(22-26)36(4,5)6)19-10-9-16-28-23-40-33(41-28)29-17-12-20-39-29/h11,14-15,22-24,29-31,39H,3,12-13,17-18,20-21H2,1-2,4-8H3,(H2,38,43)(H,40,41)(H,42,46)/t29-,30-,31-,37?/m0/s1. The molecule has 4 rings (SSSR count). The molecule has 4 atom stereocenters. The summed E-state index contributed by atoms with van der Waals surface area (Å²) in [6.45, 7) is 18.0. The van der Waals surface area contributed by atoms with Gasteiger partial charge in [-0.05, 0) is 84.9 Å². The minimum absolute atomic E-state index is 0.0704. The van der Waals surface area contributed by atoms with Gasteiger partial charge in [-0.15, -0.1) is 0 Å². The molecule has 2 saturated heterocycles. The van der Waals surface area contributed by atoms with Crippen molar-refractivity contribution in [3.05, 3.63) is 59.7 Å². The number of imidazole rings is 1. The van der Waals surface area contributed by atoms with Crippen molar-refractivity contribution in [2.45, 2.75) is 96.3 Å². The number of aromatic nitrogens is 2. The van der Waals surface area contributed by atoms with E-state index in [4.69, 9.17) is 15.5 Å². The number of carbonyl (C=O) groups excluding carboxylic acids is 2. The van der Waals surface area contributed by atoms with E-state index in [1.54, 1.807) is 11.1 Å². The van der Waals surface area contributed by atoms with Crippen LogP contribution in [-0.2, 0) is 14.9 Å². The van der Waals surface area contributed by atoms with Crippen LogP contribution in [0.3, 0.4) is 0 Å². The lowest BCUT2D eigenvalue weighted by Gasteiger charge is -2.32. The second kappa shape index (κ2) is 14.9. The maximum Gasteiger partial charge on any atom is 0.407 e. The molecule has 2 aromatic rings. The van der Waals surface area contributed by atoms with Crippen molar-refractivity contribution in [3.8, 4) is 23.7 Å². The molecule has 0 bridgehead atoms. The van der Waals surface area contributed by atoms with Gasteiger partial charge in [-0.3, -0.25) is 4.79 Å². The Morgan fingerprint density at radius 1 is 1.19 bits per heavy atom. The molecule has 1 unspecified atom stereocenters. The van der Waals surface area contributed by atoms with E-state index >= 15 is 0 Å². The van der Waals surface area contributed by atoms with Crippen LogP contribution < -0.4 is 16.4 Å². The number of hydrogen-bond donors (Lipinski definition) is 4. The molecule has 0 saturated carbocycles. The van der Waals surface area contributed by atoms with Crippen LogP contribution in [0.5, 0.6) is 0 Å². The van der Waals surface area contributed by atoms with E-state index in [0.29, 0.717) is 24.2 Å². The molecule has 1 aromatic carbocycles. The number of methoxy groups -OCH3 is 1. The third-order valence-electron chi connectivity index (χ3n) is 8.84. The second-order valence-corrected chi connectivity index (χ2v) is 13.8. The maximum atomic E-state index is 13.7. The normalized spacial score (nSPS) is 20.0. The van der Waals surface area contributed by atoms with Gasteiger partial charge in [-0.25, -0.2) is 14.8 Å². The molecule has 2 aliphatic rings. The Kier molecular flexibility index (Phi) is 11.2. The predicted octanol–water partition coefficient (Wildman–Crippen LogP) is 4.69. The SMILES string of the molecule is C=C(c1cccc(C(C)(C)C)c1)C(C)(C#CC#Cc1cnc([C@@H]2CCCN2)[nH]1)/N=C(\N)[C@@H]1CCCN1C(=O)[C@@H](NC(=O)OC)C(C)C. The third kappa shape index (κ3) is 8.64. The Morgan fingerprint density at radius 3 is 2.62 bits per heavy atom. The van der Waals surface area contributed by atoms with E-state index < -0.39 is 23.7 Å². The molecule has 3 heterocycles. The molecule has 2 amide bonds. The van der Waals surface area contributed by atoms with Gasteiger partial charge in [0.15, 0.2) is 0 Å². The first-order chi connectivity index (χ1) is 22.2. The lowest BCUT2D eigenvalue weighted by atomic mass is 9.82. The molecule has 2 fully saturated rings. The van der Waals surface area contributed by atoms with E-state index in [9.17, 15) is 9.59 Å². The van der Waals surface area contributed by atoms with Crippen LogP contribution >= 0.6 is 0 Å². The van der Waals surface area contributed by atoms with Crippen molar-refractivity contribution in [2.75, 3.05) is 20.2 Å². The van der Waals surface area contributed by atoms with Gasteiger partial charge >= 0.3 is 6.09 Å². The molecular formula is C37H49N7O3. The summed E-state index contributed by atoms with van der Waals surface area (Å²) in [6.07, 6.45) is 4.62. The van der Waals surface area contributed by atoms with Crippen LogP contribution in [0.15, 0.2) is 42.0 Å². The Hall–Kier alpha value is -4.54. The van der Waals surface area contributed by atoms with Gasteiger partial charge < -0.3 is 31.0 Å². The lowest BCUT2D eigenvalue weighted by Crippen LogP contribution is -2.55. The van der Waals surface area contributed by atoms with E-state index in [2.05, 4.69) is 83.8 Å². The minimum atomic E-state index is -1.15. The summed E-state index contributed by atoms with van der Waals surface area (Å²) in [6, 6.07) is 7.21. The molecule has 0 aliphatic carbocycles. The minimum Gasteiger partial charge on any atom is -0.453 e. The molecule has 0 spiro atoms. The summed E-state index contributed by atoms with van der Waals surface area (Å²) in [5.74, 6) is 13.0. The summed E-state index contributed by atoms with van der Waals surface area (Å²) < 4.78 is 4.77. The number of carbonyl (C=O) groups is 2. The van der Waals surface area contributed by atoms with Crippen LogP contribution in [0.2, 0.25) is 0 Å². The summed E-state index contributed by atoms with van der Waals surface area (Å²) in [5, 5.41) is 6.11. The number of ether oxygens (including phenoxy) is 1. The Bertz CT molecular complexity index is 1620. The van der Waals surface area contributed by atoms with E-state index in [1.165, 1.54) is 7.11 Å². The quantitative estimate of drug-likeness (QED) is 0.188. The van der Waals surface area contributed by atoms with Gasteiger partial charge in [0, 0.05) is 6.54 Å². The summed E-state index contributed by atoms with van der Waals surface area (Å²) >= 11 is 0. The molecule has 5 N–H and O–H groups in total. The number of nitrogens with two attached hydrogens (primary N) is 1. The van der Waals surface area contributed by atoms with Crippen LogP contribution in [0, 0.1) is 29.6 Å². The molecule has 0 radical (unpaired) electrons. The van der Waals surface area contributed by atoms with Crippen LogP contribution in [0.25, 0.3) is 5.57 Å². The number of rotatable bonds is 8. The highest BCUT2D eigenvalue weighted by Gasteiger charge is 2.38. The van der Waals surface area contributed by atoms with Gasteiger partial charge in [0.2, 0.25) is 5.91 Å². The zero-order chi connectivity index (χ0) is 34.4. The molecule has 10 nitrogen and oxygen atoms in total. The van der Waals surface area contributed by atoms with Gasteiger partial charge in [-0.2, -0.15) is 0 Å². The summed E-state index contributed by atoms with van der Waals surface area (Å²) in [4.78, 5) is 40.2. The Labute approximate surface area is 279 Å². The summed E-state index contributed by atoms with van der Waals surface area (Å²) in [5.41, 5.74) is 8.92. The van der Waals surface area contributed by atoms with Gasteiger partial charge in [0.25, 0.3) is 0 Å². The molecule has 10 heteroatoms. The van der Waals surface area contributed by atoms with Crippen molar-refractivity contribution in [1.29, 1.82) is 0 Å². The number of nitrogens with zero attached hydrogens (tertiary/aromatic N) is 3. The molecule has 47 heavy (non-hydrogen) atoms. The van der Waals surface area contributed by atoms with Crippen molar-refractivity contribution >= 4 is 23.4 Å². The number of aromatic amines is 1. The fraction of sp³-hybridized carbons (Fsp3) is 0.514. The van der Waals surface area contributed by atoms with Gasteiger partial charge in [0.1, 0.15) is 28.9 Å². The molecule has 250 valence electrons. The number of alkyl carbamates (subject to hydrolysis) is 1. The Morgan fingerprint density at radius 2 is 1.96 bits per heavy atom. The van der Waals surface area contributed by atoms with E-state index in [1.807, 2.05) is 32.9 Å². The zero-order valence-electron chi connectivity index (χ0n) is 28.8. The third-order valence-corrected chi connectivity index (χ3v) is 8.84. The average Bonchev–Trinajstić information content (AvgIpc) is 3.83. The lowest BCUT2D eigenvalue weighted by molar-refractivity contribution is -0.134. The first-order valence-corrected chi connectivity index (χ1v) is 16.4. The first kappa shape index (κ1) is 35.3. The highest BCUT2D eigenvalue weighted by molar-refractivity contribution is 5.95. The number of benzene rings is 1. The second-order valence-electron chi connectivity index (χ2n) is 13.8. The number of amides is 2. The van der Waals surface area contributed by atoms with E-state index in [-0.39, 0.29) is 29.1 Å². The summed E-state index contributed by atoms with van der Waals surface area (Å²) in [7, 11) is 1.27. The number of amidine groups is 1. The first-order valence-electron chi connectivity index (χ1n) is 16.4. The zero-order valence-corrected chi connectivity index (χ0v) is 28.8. The average molecular weight is 640 g/mol. The van der Waals surface area contributed by atoms with Crippen LogP contribution in [-0.4, -0.2) is 70.5 Å². The van der Waals surface area contributed by atoms with Crippen molar-refractivity contribution in [3.63, 3.8) is 0 Å². The topological polar surface area (TPSA) is 138 Å². The fourth-order valence-electron chi connectivity index (χ4n) is 5.92. The number of hydrogen-bond acceptors (Lipinski definition) is 6. The molecule has 1 aromatic heterocycles. The fourth-order valence-corrected chi connectivity index (χ4v) is 5.92. The highest BCUT2D eigenvalue weighted by Crippen LogP contribution is 2.33. The van der Waals surface area contributed by atoms with E-state index in [0.717, 1.165) is 42.8 Å². The van der Waals surface area contributed by atoms with Gasteiger partial charge in [-0.1, -0.05) is 71.4 Å². The maximum absolute atomic E-state index is 13.7. The van der Waals surface area contributed by atoms with Crippen molar-refractivity contribution in [1.82, 2.24) is 25.5 Å². The Balaban J connectivity index is 1.68. The number of nitrogens with one attached hydrogen (secondary N) is 3. The van der Waals surface area contributed by atoms with Crippen molar-refractivity contribution < 1.29 is 14.3 Å². The monoisotopic (exact) mass is 639 g/mol. The number of likely N-dealkylation sites (tertiary alicyclic amines) is 1. The number of H-pyrrole nitrogens is 1. The van der Waals surface area contributed by atoms with Crippen molar-refractivity contribution in [2.24, 2.45) is 16.6 Å². The largest absolute Gasteiger partial charge is 0.453 e. The highest BCUT2D eigenvalue weighted by atomic mass is 16.5. The molecule has 2 aliphatic heterocycles. The molecular weight excluding hydrogens is 590 g/mol.